The molecule has 0 radical (unpaired) electrons. The number of non-ortho nitro benzene ring substituents is 1. The lowest BCUT2D eigenvalue weighted by Crippen LogP contribution is -1.95. The molecule has 0 saturated heterocycles. The van der Waals surface area contributed by atoms with Gasteiger partial charge in [-0.15, -0.1) is 0 Å². The highest BCUT2D eigenvalue weighted by Crippen LogP contribution is 2.31. The maximum atomic E-state index is 13.5. The van der Waals surface area contributed by atoms with Gasteiger partial charge >= 0.3 is 0 Å². The van der Waals surface area contributed by atoms with Gasteiger partial charge in [0, 0.05) is 29.1 Å². The van der Waals surface area contributed by atoms with E-state index in [1.54, 1.807) is 0 Å². The van der Waals surface area contributed by atoms with E-state index in [1.165, 1.54) is 18.2 Å². The van der Waals surface area contributed by atoms with E-state index in [2.05, 4.69) is 15.9 Å². The number of ether oxygens (including phenoxy) is 1. The van der Waals surface area contributed by atoms with Gasteiger partial charge < -0.3 is 4.74 Å². The highest BCUT2D eigenvalue weighted by molar-refractivity contribution is 9.08. The Hall–Kier alpha value is -2.02. The highest BCUT2D eigenvalue weighted by Gasteiger charge is 2.13. The lowest BCUT2D eigenvalue weighted by Gasteiger charge is -2.10. The Morgan fingerprint density at radius 1 is 1.15 bits per heavy atom. The van der Waals surface area contributed by atoms with E-state index in [4.69, 9.17) is 4.74 Å². The number of nitrogens with zero attached hydrogens (tertiary/aromatic N) is 1. The van der Waals surface area contributed by atoms with E-state index in [-0.39, 0.29) is 17.2 Å². The largest absolute Gasteiger partial charge is 0.454 e. The van der Waals surface area contributed by atoms with Gasteiger partial charge in [0.05, 0.1) is 4.92 Å². The molecular formula is C13H8BrF2NO3. The second kappa shape index (κ2) is 5.96. The van der Waals surface area contributed by atoms with Crippen molar-refractivity contribution in [2.45, 2.75) is 5.33 Å². The fourth-order valence-electron chi connectivity index (χ4n) is 1.56. The van der Waals surface area contributed by atoms with Gasteiger partial charge in [-0.1, -0.05) is 15.9 Å². The molecule has 0 N–H and O–H groups in total. The van der Waals surface area contributed by atoms with Crippen LogP contribution in [0.25, 0.3) is 0 Å². The molecule has 2 aromatic carbocycles. The van der Waals surface area contributed by atoms with E-state index >= 15 is 0 Å². The molecule has 2 aromatic rings. The number of nitro benzene ring substituents is 1. The second-order valence-corrected chi connectivity index (χ2v) is 4.42. The van der Waals surface area contributed by atoms with E-state index in [9.17, 15) is 18.9 Å². The Labute approximate surface area is 121 Å². The minimum atomic E-state index is -0.844. The van der Waals surface area contributed by atoms with Gasteiger partial charge in [0.15, 0.2) is 11.6 Å². The summed E-state index contributed by atoms with van der Waals surface area (Å²) in [5, 5.41) is 11.0. The standard InChI is InChI=1S/C13H8BrF2NO3/c14-7-8-5-10(17(18)19)2-4-12(8)20-13-3-1-9(15)6-11(13)16/h1-6H,7H2. The zero-order chi connectivity index (χ0) is 14.7. The fourth-order valence-corrected chi connectivity index (χ4v) is 2.00. The first kappa shape index (κ1) is 14.4. The molecule has 0 atom stereocenters. The van der Waals surface area contributed by atoms with Gasteiger partial charge in [-0.2, -0.15) is 0 Å². The first-order valence-corrected chi connectivity index (χ1v) is 6.59. The van der Waals surface area contributed by atoms with Crippen molar-refractivity contribution < 1.29 is 18.4 Å². The minimum absolute atomic E-state index is 0.0913. The summed E-state index contributed by atoms with van der Waals surface area (Å²) in [6.45, 7) is 0. The van der Waals surface area contributed by atoms with Crippen molar-refractivity contribution in [1.82, 2.24) is 0 Å². The van der Waals surface area contributed by atoms with Gasteiger partial charge in [-0.05, 0) is 18.2 Å². The Morgan fingerprint density at radius 3 is 2.45 bits per heavy atom. The lowest BCUT2D eigenvalue weighted by molar-refractivity contribution is -0.384. The maximum absolute atomic E-state index is 13.5. The zero-order valence-electron chi connectivity index (χ0n) is 9.98. The van der Waals surface area contributed by atoms with Crippen molar-refractivity contribution in [2.75, 3.05) is 0 Å². The molecule has 0 unspecified atom stereocenters. The number of hydrogen-bond acceptors (Lipinski definition) is 3. The van der Waals surface area contributed by atoms with Crippen molar-refractivity contribution >= 4 is 21.6 Å². The summed E-state index contributed by atoms with van der Waals surface area (Å²) in [4.78, 5) is 10.1. The van der Waals surface area contributed by atoms with E-state index in [0.717, 1.165) is 12.1 Å². The summed E-state index contributed by atoms with van der Waals surface area (Å²) in [6.07, 6.45) is 0. The number of alkyl halides is 1. The van der Waals surface area contributed by atoms with Crippen LogP contribution in [0.4, 0.5) is 14.5 Å². The number of nitro groups is 1. The predicted molar refractivity (Wildman–Crippen MR) is 72.2 cm³/mol. The molecule has 7 heteroatoms. The maximum Gasteiger partial charge on any atom is 0.270 e. The SMILES string of the molecule is O=[N+]([O-])c1ccc(Oc2ccc(F)cc2F)c(CBr)c1. The number of benzene rings is 2. The summed E-state index contributed by atoms with van der Waals surface area (Å²) < 4.78 is 31.6. The van der Waals surface area contributed by atoms with Crippen molar-refractivity contribution in [3.8, 4) is 11.5 Å². The molecule has 0 aliphatic heterocycles. The van der Waals surface area contributed by atoms with Crippen molar-refractivity contribution in [3.63, 3.8) is 0 Å². The first-order valence-electron chi connectivity index (χ1n) is 5.47. The van der Waals surface area contributed by atoms with Crippen molar-refractivity contribution in [2.24, 2.45) is 0 Å². The average Bonchev–Trinajstić information content (AvgIpc) is 2.42. The van der Waals surface area contributed by atoms with Crippen LogP contribution in [0.15, 0.2) is 36.4 Å². The third-order valence-electron chi connectivity index (χ3n) is 2.51. The molecule has 104 valence electrons. The second-order valence-electron chi connectivity index (χ2n) is 3.86. The van der Waals surface area contributed by atoms with Crippen LogP contribution in [0.2, 0.25) is 0 Å². The molecule has 4 nitrogen and oxygen atoms in total. The molecule has 20 heavy (non-hydrogen) atoms. The van der Waals surface area contributed by atoms with Gasteiger partial charge in [0.1, 0.15) is 11.6 Å². The quantitative estimate of drug-likeness (QED) is 0.464. The summed E-state index contributed by atoms with van der Waals surface area (Å²) in [5.74, 6) is -1.44. The van der Waals surface area contributed by atoms with Gasteiger partial charge in [-0.25, -0.2) is 8.78 Å². The lowest BCUT2D eigenvalue weighted by atomic mass is 10.2. The van der Waals surface area contributed by atoms with E-state index in [0.29, 0.717) is 17.0 Å². The summed E-state index contributed by atoms with van der Waals surface area (Å²) in [7, 11) is 0. The molecule has 0 bridgehead atoms. The number of rotatable bonds is 4. The number of halogens is 3. The minimum Gasteiger partial charge on any atom is -0.454 e. The Kier molecular flexibility index (Phi) is 4.29. The summed E-state index contributed by atoms with van der Waals surface area (Å²) in [6, 6.07) is 6.88. The van der Waals surface area contributed by atoms with Crippen LogP contribution >= 0.6 is 15.9 Å². The number of hydrogen-bond donors (Lipinski definition) is 0. The first-order chi connectivity index (χ1) is 9.51. The van der Waals surface area contributed by atoms with Crippen LogP contribution in [-0.4, -0.2) is 4.92 Å². The smallest absolute Gasteiger partial charge is 0.270 e. The third kappa shape index (κ3) is 3.11. The molecule has 0 amide bonds. The van der Waals surface area contributed by atoms with Gasteiger partial charge in [-0.3, -0.25) is 10.1 Å². The third-order valence-corrected chi connectivity index (χ3v) is 3.12. The molecular weight excluding hydrogens is 336 g/mol. The van der Waals surface area contributed by atoms with Crippen LogP contribution in [0, 0.1) is 21.7 Å². The van der Waals surface area contributed by atoms with E-state index in [1.807, 2.05) is 0 Å². The Bertz CT molecular complexity index is 664. The molecule has 2 rings (SSSR count). The molecule has 0 aliphatic rings. The summed E-state index contributed by atoms with van der Waals surface area (Å²) in [5.41, 5.74) is 0.398. The molecule has 0 heterocycles. The van der Waals surface area contributed by atoms with Crippen molar-refractivity contribution in [3.05, 3.63) is 63.7 Å². The molecule has 0 fully saturated rings. The van der Waals surface area contributed by atoms with Gasteiger partial charge in [0.25, 0.3) is 5.69 Å². The van der Waals surface area contributed by atoms with Crippen molar-refractivity contribution in [1.29, 1.82) is 0 Å². The van der Waals surface area contributed by atoms with Crippen LogP contribution in [0.5, 0.6) is 11.5 Å². The van der Waals surface area contributed by atoms with Crippen LogP contribution < -0.4 is 4.74 Å². The van der Waals surface area contributed by atoms with Crippen LogP contribution in [0.3, 0.4) is 0 Å². The fraction of sp³-hybridized carbons (Fsp3) is 0.0769. The molecule has 0 aliphatic carbocycles. The zero-order valence-corrected chi connectivity index (χ0v) is 11.6. The Morgan fingerprint density at radius 2 is 1.85 bits per heavy atom. The summed E-state index contributed by atoms with van der Waals surface area (Å²) >= 11 is 3.18. The monoisotopic (exact) mass is 343 g/mol. The average molecular weight is 344 g/mol. The highest BCUT2D eigenvalue weighted by atomic mass is 79.9. The van der Waals surface area contributed by atoms with Crippen LogP contribution in [-0.2, 0) is 5.33 Å². The predicted octanol–water partition coefficient (Wildman–Crippen LogP) is 4.56. The molecule has 0 saturated carbocycles. The van der Waals surface area contributed by atoms with Crippen LogP contribution in [0.1, 0.15) is 5.56 Å². The van der Waals surface area contributed by atoms with Gasteiger partial charge in [0.2, 0.25) is 0 Å². The Balaban J connectivity index is 2.35. The van der Waals surface area contributed by atoms with E-state index < -0.39 is 16.6 Å². The topological polar surface area (TPSA) is 52.4 Å². The molecule has 0 spiro atoms. The normalized spacial score (nSPS) is 10.3. The molecule has 0 aromatic heterocycles.